The summed E-state index contributed by atoms with van der Waals surface area (Å²) >= 11 is 0.948. The van der Waals surface area contributed by atoms with Crippen molar-refractivity contribution in [2.45, 2.75) is 0 Å². The maximum Gasteiger partial charge on any atom is 0.345 e. The molecule has 0 saturated carbocycles. The van der Waals surface area contributed by atoms with Crippen LogP contribution in [0, 0.1) is 10.1 Å². The molecule has 1 aromatic heterocycles. The standard InChI is InChI=1S/C6H8N4O2S/c1-9(2)4-8-6-7-3-5(13-6)10(11)12/h3-4H,1-2H3/b8-4+. The molecular formula is C6H8N4O2S. The molecule has 1 aromatic rings. The Bertz CT molecular complexity index is 333. The van der Waals surface area contributed by atoms with Crippen LogP contribution in [0.2, 0.25) is 0 Å². The van der Waals surface area contributed by atoms with E-state index in [1.165, 1.54) is 6.20 Å². The van der Waals surface area contributed by atoms with Crippen molar-refractivity contribution < 1.29 is 4.92 Å². The van der Waals surface area contributed by atoms with E-state index in [0.717, 1.165) is 11.3 Å². The van der Waals surface area contributed by atoms with Gasteiger partial charge in [0.05, 0.1) is 11.3 Å². The van der Waals surface area contributed by atoms with Crippen molar-refractivity contribution in [3.05, 3.63) is 16.3 Å². The van der Waals surface area contributed by atoms with E-state index < -0.39 is 4.92 Å². The lowest BCUT2D eigenvalue weighted by molar-refractivity contribution is -0.380. The SMILES string of the molecule is CN(C)/C=N/c1ncc([N+](=O)[O-])s1. The smallest absolute Gasteiger partial charge is 0.345 e. The minimum absolute atomic E-state index is 0.00547. The molecule has 0 atom stereocenters. The third kappa shape index (κ3) is 2.79. The molecule has 0 fully saturated rings. The Kier molecular flexibility index (Phi) is 2.91. The van der Waals surface area contributed by atoms with Crippen LogP contribution in [0.5, 0.6) is 0 Å². The van der Waals surface area contributed by atoms with E-state index in [0.29, 0.717) is 5.13 Å². The van der Waals surface area contributed by atoms with Crippen molar-refractivity contribution in [3.8, 4) is 0 Å². The summed E-state index contributed by atoms with van der Waals surface area (Å²) in [6.07, 6.45) is 2.75. The van der Waals surface area contributed by atoms with Crippen LogP contribution in [0.1, 0.15) is 0 Å². The summed E-state index contributed by atoms with van der Waals surface area (Å²) in [4.78, 5) is 19.2. The van der Waals surface area contributed by atoms with Gasteiger partial charge < -0.3 is 4.90 Å². The molecular weight excluding hydrogens is 192 g/mol. The van der Waals surface area contributed by atoms with Gasteiger partial charge in [-0.05, 0) is 11.3 Å². The zero-order valence-electron chi connectivity index (χ0n) is 7.17. The maximum atomic E-state index is 10.3. The second-order valence-electron chi connectivity index (χ2n) is 2.45. The van der Waals surface area contributed by atoms with E-state index in [1.807, 2.05) is 14.1 Å². The maximum absolute atomic E-state index is 10.3. The number of thiazole rings is 1. The molecule has 0 unspecified atom stereocenters. The molecule has 0 aliphatic carbocycles. The Morgan fingerprint density at radius 2 is 2.46 bits per heavy atom. The second kappa shape index (κ2) is 3.94. The molecule has 0 saturated heterocycles. The highest BCUT2D eigenvalue weighted by Gasteiger charge is 2.09. The average molecular weight is 200 g/mol. The topological polar surface area (TPSA) is 71.6 Å². The first kappa shape index (κ1) is 9.59. The summed E-state index contributed by atoms with van der Waals surface area (Å²) < 4.78 is 0. The van der Waals surface area contributed by atoms with Crippen LogP contribution in [0.25, 0.3) is 0 Å². The fourth-order valence-corrected chi connectivity index (χ4v) is 1.14. The van der Waals surface area contributed by atoms with Gasteiger partial charge in [0, 0.05) is 14.1 Å². The Morgan fingerprint density at radius 1 is 1.77 bits per heavy atom. The van der Waals surface area contributed by atoms with Crippen molar-refractivity contribution >= 4 is 27.8 Å². The van der Waals surface area contributed by atoms with Crippen molar-refractivity contribution in [1.29, 1.82) is 0 Å². The Balaban J connectivity index is 2.75. The largest absolute Gasteiger partial charge is 0.369 e. The lowest BCUT2D eigenvalue weighted by atomic mass is 10.9. The number of rotatable bonds is 3. The number of nitrogens with zero attached hydrogens (tertiary/aromatic N) is 4. The van der Waals surface area contributed by atoms with Crippen molar-refractivity contribution in [2.75, 3.05) is 14.1 Å². The third-order valence-electron chi connectivity index (χ3n) is 1.06. The first-order valence-electron chi connectivity index (χ1n) is 3.40. The van der Waals surface area contributed by atoms with Gasteiger partial charge in [-0.3, -0.25) is 10.1 Å². The predicted molar refractivity (Wildman–Crippen MR) is 50.6 cm³/mol. The molecule has 0 N–H and O–H groups in total. The van der Waals surface area contributed by atoms with E-state index in [-0.39, 0.29) is 5.00 Å². The molecule has 6 nitrogen and oxygen atoms in total. The molecule has 13 heavy (non-hydrogen) atoms. The number of nitro groups is 1. The van der Waals surface area contributed by atoms with Crippen LogP contribution in [-0.4, -0.2) is 35.2 Å². The quantitative estimate of drug-likeness (QED) is 0.319. The van der Waals surface area contributed by atoms with Crippen LogP contribution < -0.4 is 0 Å². The van der Waals surface area contributed by atoms with Gasteiger partial charge >= 0.3 is 5.00 Å². The van der Waals surface area contributed by atoms with E-state index in [2.05, 4.69) is 9.98 Å². The molecule has 0 aliphatic rings. The molecule has 0 aliphatic heterocycles. The van der Waals surface area contributed by atoms with E-state index in [1.54, 1.807) is 11.2 Å². The number of hydrogen-bond acceptors (Lipinski definition) is 5. The average Bonchev–Trinajstić information content (AvgIpc) is 2.48. The van der Waals surface area contributed by atoms with Crippen LogP contribution in [-0.2, 0) is 0 Å². The number of aromatic nitrogens is 1. The molecule has 0 bridgehead atoms. The van der Waals surface area contributed by atoms with Crippen LogP contribution >= 0.6 is 11.3 Å². The number of aliphatic imine (C=N–C) groups is 1. The zero-order chi connectivity index (χ0) is 9.84. The van der Waals surface area contributed by atoms with Gasteiger partial charge in [0.15, 0.2) is 0 Å². The van der Waals surface area contributed by atoms with Gasteiger partial charge in [0.25, 0.3) is 0 Å². The minimum atomic E-state index is -0.480. The molecule has 70 valence electrons. The summed E-state index contributed by atoms with van der Waals surface area (Å²) in [5.74, 6) is 0. The number of hydrogen-bond donors (Lipinski definition) is 0. The second-order valence-corrected chi connectivity index (χ2v) is 3.43. The van der Waals surface area contributed by atoms with Gasteiger partial charge in [-0.1, -0.05) is 0 Å². The van der Waals surface area contributed by atoms with Gasteiger partial charge in [-0.15, -0.1) is 0 Å². The molecule has 1 heterocycles. The van der Waals surface area contributed by atoms with Gasteiger partial charge in [0.2, 0.25) is 5.13 Å². The minimum Gasteiger partial charge on any atom is -0.369 e. The molecule has 0 aromatic carbocycles. The lowest BCUT2D eigenvalue weighted by Crippen LogP contribution is -2.06. The molecule has 7 heteroatoms. The summed E-state index contributed by atoms with van der Waals surface area (Å²) in [5.41, 5.74) is 0. The van der Waals surface area contributed by atoms with E-state index in [4.69, 9.17) is 0 Å². The summed E-state index contributed by atoms with van der Waals surface area (Å²) in [6, 6.07) is 0. The Labute approximate surface area is 78.7 Å². The van der Waals surface area contributed by atoms with Crippen LogP contribution in [0.4, 0.5) is 10.1 Å². The van der Waals surface area contributed by atoms with Crippen LogP contribution in [0.15, 0.2) is 11.2 Å². The first-order chi connectivity index (χ1) is 6.09. The monoisotopic (exact) mass is 200 g/mol. The van der Waals surface area contributed by atoms with Crippen molar-refractivity contribution in [1.82, 2.24) is 9.88 Å². The fraction of sp³-hybridized carbons (Fsp3) is 0.333. The van der Waals surface area contributed by atoms with Gasteiger partial charge in [-0.2, -0.15) is 0 Å². The van der Waals surface area contributed by atoms with E-state index in [9.17, 15) is 10.1 Å². The van der Waals surface area contributed by atoms with E-state index >= 15 is 0 Å². The zero-order valence-corrected chi connectivity index (χ0v) is 7.98. The third-order valence-corrected chi connectivity index (χ3v) is 1.92. The van der Waals surface area contributed by atoms with Gasteiger partial charge in [0.1, 0.15) is 6.20 Å². The Morgan fingerprint density at radius 3 is 2.92 bits per heavy atom. The highest BCUT2D eigenvalue weighted by atomic mass is 32.1. The first-order valence-corrected chi connectivity index (χ1v) is 4.22. The predicted octanol–water partition coefficient (Wildman–Crippen LogP) is 1.27. The Hall–Kier alpha value is -1.50. The lowest BCUT2D eigenvalue weighted by Gasteiger charge is -1.99. The van der Waals surface area contributed by atoms with Crippen molar-refractivity contribution in [3.63, 3.8) is 0 Å². The summed E-state index contributed by atoms with van der Waals surface area (Å²) in [7, 11) is 3.62. The molecule has 0 spiro atoms. The highest BCUT2D eigenvalue weighted by Crippen LogP contribution is 2.26. The fourth-order valence-electron chi connectivity index (χ4n) is 0.566. The molecule has 0 radical (unpaired) electrons. The van der Waals surface area contributed by atoms with Gasteiger partial charge in [-0.25, -0.2) is 9.98 Å². The summed E-state index contributed by atoms with van der Waals surface area (Å²) in [6.45, 7) is 0. The van der Waals surface area contributed by atoms with Crippen LogP contribution in [0.3, 0.4) is 0 Å². The van der Waals surface area contributed by atoms with Crippen molar-refractivity contribution in [2.24, 2.45) is 4.99 Å². The highest BCUT2D eigenvalue weighted by molar-refractivity contribution is 7.18. The summed E-state index contributed by atoms with van der Waals surface area (Å²) in [5, 5.41) is 10.7. The normalized spacial score (nSPS) is 10.6. The molecule has 1 rings (SSSR count). The molecule has 0 amide bonds.